The number of anilines is 1. The van der Waals surface area contributed by atoms with Crippen LogP contribution in [0, 0.1) is 5.82 Å². The summed E-state index contributed by atoms with van der Waals surface area (Å²) in [6.45, 7) is 2.52. The summed E-state index contributed by atoms with van der Waals surface area (Å²) < 4.78 is 24.2. The number of nitrogens with zero attached hydrogens (tertiary/aromatic N) is 1. The van der Waals surface area contributed by atoms with Crippen LogP contribution in [0.5, 0.6) is 5.75 Å². The Morgan fingerprint density at radius 2 is 2.00 bits per heavy atom. The zero-order valence-corrected chi connectivity index (χ0v) is 17.3. The van der Waals surface area contributed by atoms with Crippen LogP contribution in [0.3, 0.4) is 0 Å². The van der Waals surface area contributed by atoms with Crippen LogP contribution < -0.4 is 10.1 Å². The maximum Gasteiger partial charge on any atom is 0.340 e. The molecule has 0 aromatic heterocycles. The molecule has 1 fully saturated rings. The standard InChI is InChI=1S/C22H22ClFN2O4/c1-29-20(27)16-4-3-15(13-18(16)24)30-11-10-26-8-6-22(7-9-26)17-12-14(23)2-5-19(17)25-21(22)28/h2-5,12-13H,6-11H2,1H3,(H,25,28). The topological polar surface area (TPSA) is 67.9 Å². The van der Waals surface area contributed by atoms with Crippen LogP contribution in [0.25, 0.3) is 0 Å². The van der Waals surface area contributed by atoms with E-state index in [0.717, 1.165) is 24.3 Å². The molecule has 0 bridgehead atoms. The molecule has 1 amide bonds. The predicted molar refractivity (Wildman–Crippen MR) is 111 cm³/mol. The van der Waals surface area contributed by atoms with Crippen LogP contribution in [0.1, 0.15) is 28.8 Å². The Bertz CT molecular complexity index is 989. The van der Waals surface area contributed by atoms with Crippen LogP contribution in [-0.2, 0) is 14.9 Å². The van der Waals surface area contributed by atoms with Gasteiger partial charge in [-0.25, -0.2) is 9.18 Å². The Morgan fingerprint density at radius 3 is 2.70 bits per heavy atom. The summed E-state index contributed by atoms with van der Waals surface area (Å²) in [6.07, 6.45) is 1.41. The summed E-state index contributed by atoms with van der Waals surface area (Å²) in [7, 11) is 1.21. The molecule has 0 unspecified atom stereocenters. The number of likely N-dealkylation sites (tertiary alicyclic amines) is 1. The van der Waals surface area contributed by atoms with E-state index < -0.39 is 17.2 Å². The fraction of sp³-hybridized carbons (Fsp3) is 0.364. The van der Waals surface area contributed by atoms with Gasteiger partial charge in [-0.1, -0.05) is 11.6 Å². The molecule has 0 aliphatic carbocycles. The molecule has 8 heteroatoms. The van der Waals surface area contributed by atoms with E-state index in [1.807, 2.05) is 12.1 Å². The lowest BCUT2D eigenvalue weighted by atomic mass is 9.73. The summed E-state index contributed by atoms with van der Waals surface area (Å²) >= 11 is 6.16. The summed E-state index contributed by atoms with van der Waals surface area (Å²) in [5.41, 5.74) is 1.18. The number of benzene rings is 2. The highest BCUT2D eigenvalue weighted by Gasteiger charge is 2.48. The zero-order valence-electron chi connectivity index (χ0n) is 16.5. The van der Waals surface area contributed by atoms with Crippen molar-refractivity contribution in [2.45, 2.75) is 18.3 Å². The molecule has 2 aliphatic heterocycles. The Balaban J connectivity index is 1.32. The van der Waals surface area contributed by atoms with Gasteiger partial charge >= 0.3 is 5.97 Å². The lowest BCUT2D eigenvalue weighted by molar-refractivity contribution is -0.122. The highest BCUT2D eigenvalue weighted by atomic mass is 35.5. The minimum atomic E-state index is -0.722. The molecule has 30 heavy (non-hydrogen) atoms. The highest BCUT2D eigenvalue weighted by molar-refractivity contribution is 6.31. The van der Waals surface area contributed by atoms with Gasteiger partial charge in [0.05, 0.1) is 18.1 Å². The fourth-order valence-electron chi connectivity index (χ4n) is 4.19. The normalized spacial score (nSPS) is 17.5. The van der Waals surface area contributed by atoms with Crippen LogP contribution >= 0.6 is 11.6 Å². The summed E-state index contributed by atoms with van der Waals surface area (Å²) in [6, 6.07) is 9.61. The van der Waals surface area contributed by atoms with Gasteiger partial charge in [0, 0.05) is 23.3 Å². The number of piperidine rings is 1. The number of halogens is 2. The van der Waals surface area contributed by atoms with Crippen molar-refractivity contribution < 1.29 is 23.5 Å². The molecule has 1 N–H and O–H groups in total. The van der Waals surface area contributed by atoms with Gasteiger partial charge in [-0.15, -0.1) is 0 Å². The number of nitrogens with one attached hydrogen (secondary N) is 1. The lowest BCUT2D eigenvalue weighted by Crippen LogP contribution is -2.47. The molecule has 4 rings (SSSR count). The first-order valence-corrected chi connectivity index (χ1v) is 10.2. The smallest absolute Gasteiger partial charge is 0.340 e. The Morgan fingerprint density at radius 1 is 1.23 bits per heavy atom. The number of carbonyl (C=O) groups excluding carboxylic acids is 2. The van der Waals surface area contributed by atoms with Crippen LogP contribution in [-0.4, -0.2) is 50.1 Å². The molecular weight excluding hydrogens is 411 g/mol. The zero-order chi connectivity index (χ0) is 21.3. The number of methoxy groups -OCH3 is 1. The molecule has 0 atom stereocenters. The molecular formula is C22H22ClFN2O4. The average molecular weight is 433 g/mol. The number of esters is 1. The van der Waals surface area contributed by atoms with Gasteiger partial charge in [0.15, 0.2) is 0 Å². The number of ether oxygens (including phenoxy) is 2. The maximum atomic E-state index is 14.0. The first kappa shape index (κ1) is 20.6. The van der Waals surface area contributed by atoms with Crippen LogP contribution in [0.15, 0.2) is 36.4 Å². The molecule has 158 valence electrons. The second-order valence-electron chi connectivity index (χ2n) is 7.55. The van der Waals surface area contributed by atoms with Crippen molar-refractivity contribution >= 4 is 29.2 Å². The van der Waals surface area contributed by atoms with Crippen molar-refractivity contribution in [3.8, 4) is 5.75 Å². The van der Waals surface area contributed by atoms with Gasteiger partial charge in [-0.2, -0.15) is 0 Å². The number of hydrogen-bond acceptors (Lipinski definition) is 5. The quantitative estimate of drug-likeness (QED) is 0.731. The van der Waals surface area contributed by atoms with Gasteiger partial charge in [0.2, 0.25) is 5.91 Å². The Hall–Kier alpha value is -2.64. The fourth-order valence-corrected chi connectivity index (χ4v) is 4.37. The average Bonchev–Trinajstić information content (AvgIpc) is 3.00. The van der Waals surface area contributed by atoms with Gasteiger partial charge in [-0.3, -0.25) is 9.69 Å². The molecule has 2 aliphatic rings. The van der Waals surface area contributed by atoms with Crippen molar-refractivity contribution in [1.29, 1.82) is 0 Å². The van der Waals surface area contributed by atoms with Crippen molar-refractivity contribution in [2.24, 2.45) is 0 Å². The molecule has 2 heterocycles. The predicted octanol–water partition coefficient (Wildman–Crippen LogP) is 3.63. The lowest BCUT2D eigenvalue weighted by Gasteiger charge is -2.37. The van der Waals surface area contributed by atoms with E-state index in [1.165, 1.54) is 19.2 Å². The minimum absolute atomic E-state index is 0.0387. The van der Waals surface area contributed by atoms with E-state index in [9.17, 15) is 14.0 Å². The van der Waals surface area contributed by atoms with Gasteiger partial charge < -0.3 is 14.8 Å². The molecule has 0 saturated carbocycles. The summed E-state index contributed by atoms with van der Waals surface area (Å²) in [5, 5.41) is 3.61. The SMILES string of the molecule is COC(=O)c1ccc(OCCN2CCC3(CC2)C(=O)Nc2ccc(Cl)cc23)cc1F. The number of amides is 1. The summed E-state index contributed by atoms with van der Waals surface area (Å²) in [4.78, 5) is 26.4. The highest BCUT2D eigenvalue weighted by Crippen LogP contribution is 2.45. The van der Waals surface area contributed by atoms with Gasteiger partial charge in [0.1, 0.15) is 18.2 Å². The van der Waals surface area contributed by atoms with Crippen molar-refractivity contribution in [3.63, 3.8) is 0 Å². The van der Waals surface area contributed by atoms with Crippen molar-refractivity contribution in [3.05, 3.63) is 58.4 Å². The maximum absolute atomic E-state index is 14.0. The van der Waals surface area contributed by atoms with Crippen molar-refractivity contribution in [2.75, 3.05) is 38.7 Å². The van der Waals surface area contributed by atoms with E-state index in [-0.39, 0.29) is 11.5 Å². The van der Waals surface area contributed by atoms with E-state index in [4.69, 9.17) is 16.3 Å². The van der Waals surface area contributed by atoms with E-state index >= 15 is 0 Å². The summed E-state index contributed by atoms with van der Waals surface area (Å²) in [5.74, 6) is -1.01. The second-order valence-corrected chi connectivity index (χ2v) is 7.99. The number of carbonyl (C=O) groups is 2. The largest absolute Gasteiger partial charge is 0.492 e. The molecule has 6 nitrogen and oxygen atoms in total. The van der Waals surface area contributed by atoms with Crippen LogP contribution in [0.4, 0.5) is 10.1 Å². The monoisotopic (exact) mass is 432 g/mol. The van der Waals surface area contributed by atoms with E-state index in [2.05, 4.69) is 15.0 Å². The third kappa shape index (κ3) is 3.75. The minimum Gasteiger partial charge on any atom is -0.492 e. The van der Waals surface area contributed by atoms with E-state index in [0.29, 0.717) is 36.8 Å². The Labute approximate surface area is 178 Å². The number of fused-ring (bicyclic) bond motifs is 2. The van der Waals surface area contributed by atoms with Crippen molar-refractivity contribution in [1.82, 2.24) is 4.90 Å². The number of rotatable bonds is 5. The van der Waals surface area contributed by atoms with Gasteiger partial charge in [0.25, 0.3) is 0 Å². The Kier molecular flexibility index (Phi) is 5.66. The first-order chi connectivity index (χ1) is 14.4. The molecule has 0 radical (unpaired) electrons. The van der Waals surface area contributed by atoms with Crippen LogP contribution in [0.2, 0.25) is 5.02 Å². The van der Waals surface area contributed by atoms with Gasteiger partial charge in [-0.05, 0) is 61.8 Å². The third-order valence-corrected chi connectivity index (χ3v) is 6.15. The van der Waals surface area contributed by atoms with E-state index in [1.54, 1.807) is 12.1 Å². The number of hydrogen-bond donors (Lipinski definition) is 1. The molecule has 2 aromatic carbocycles. The molecule has 1 spiro atoms. The first-order valence-electron chi connectivity index (χ1n) is 9.77. The molecule has 1 saturated heterocycles. The third-order valence-electron chi connectivity index (χ3n) is 5.91. The molecule has 2 aromatic rings. The second kappa shape index (κ2) is 8.24.